The summed E-state index contributed by atoms with van der Waals surface area (Å²) in [7, 11) is -3.68. The number of hydrogen-bond donors (Lipinski definition) is 3. The zero-order chi connectivity index (χ0) is 18.9. The molecule has 1 aliphatic rings. The molecule has 7 heteroatoms. The van der Waals surface area contributed by atoms with Crippen molar-refractivity contribution in [3.05, 3.63) is 59.7 Å². The Morgan fingerprint density at radius 3 is 2.58 bits per heavy atom. The minimum absolute atomic E-state index is 0.107. The van der Waals surface area contributed by atoms with Gasteiger partial charge >= 0.3 is 0 Å². The van der Waals surface area contributed by atoms with Crippen LogP contribution in [0.5, 0.6) is 5.75 Å². The van der Waals surface area contributed by atoms with Crippen molar-refractivity contribution in [1.29, 1.82) is 0 Å². The van der Waals surface area contributed by atoms with E-state index in [0.717, 1.165) is 5.56 Å². The first-order valence-electron chi connectivity index (χ1n) is 8.51. The number of nitrogens with one attached hydrogen (secondary N) is 1. The molecule has 0 aromatic heterocycles. The van der Waals surface area contributed by atoms with Crippen molar-refractivity contribution >= 4 is 10.0 Å². The van der Waals surface area contributed by atoms with Gasteiger partial charge in [-0.3, -0.25) is 0 Å². The highest BCUT2D eigenvalue weighted by molar-refractivity contribution is 7.89. The molecule has 2 atom stereocenters. The highest BCUT2D eigenvalue weighted by Crippen LogP contribution is 2.39. The van der Waals surface area contributed by atoms with E-state index in [2.05, 4.69) is 4.72 Å². The standard InChI is InChI=1S/C19H24N2O4S/c1-19(2)18(22)17(20)15-12-14(8-9-16(15)25-19)26(23,24)21-11-10-13-6-4-3-5-7-13/h3-9,12,17-18,21-22H,10-11,20H2,1-2H3. The molecule has 2 unspecified atom stereocenters. The Hall–Kier alpha value is -1.93. The summed E-state index contributed by atoms with van der Waals surface area (Å²) in [5.41, 5.74) is 6.82. The van der Waals surface area contributed by atoms with Crippen LogP contribution in [0.2, 0.25) is 0 Å². The van der Waals surface area contributed by atoms with Gasteiger partial charge in [0.15, 0.2) is 0 Å². The van der Waals surface area contributed by atoms with E-state index in [9.17, 15) is 13.5 Å². The van der Waals surface area contributed by atoms with Gasteiger partial charge in [0.05, 0.1) is 10.9 Å². The Labute approximate surface area is 154 Å². The largest absolute Gasteiger partial charge is 0.485 e. The number of benzene rings is 2. The number of hydrogen-bond acceptors (Lipinski definition) is 5. The van der Waals surface area contributed by atoms with Gasteiger partial charge in [-0.05, 0) is 44.0 Å². The van der Waals surface area contributed by atoms with Crippen molar-refractivity contribution in [1.82, 2.24) is 4.72 Å². The van der Waals surface area contributed by atoms with Gasteiger partial charge in [0.25, 0.3) is 0 Å². The van der Waals surface area contributed by atoms with Crippen LogP contribution in [0.25, 0.3) is 0 Å². The van der Waals surface area contributed by atoms with Crippen molar-refractivity contribution in [2.75, 3.05) is 6.54 Å². The van der Waals surface area contributed by atoms with Crippen molar-refractivity contribution < 1.29 is 18.3 Å². The van der Waals surface area contributed by atoms with Gasteiger partial charge in [-0.15, -0.1) is 0 Å². The van der Waals surface area contributed by atoms with Crippen LogP contribution in [0.1, 0.15) is 31.0 Å². The number of fused-ring (bicyclic) bond motifs is 1. The fourth-order valence-corrected chi connectivity index (χ4v) is 4.12. The van der Waals surface area contributed by atoms with Gasteiger partial charge in [-0.1, -0.05) is 30.3 Å². The Balaban J connectivity index is 1.77. The second kappa shape index (κ2) is 7.00. The Morgan fingerprint density at radius 2 is 1.88 bits per heavy atom. The molecule has 2 aromatic carbocycles. The highest BCUT2D eigenvalue weighted by atomic mass is 32.2. The maximum atomic E-state index is 12.6. The summed E-state index contributed by atoms with van der Waals surface area (Å²) >= 11 is 0. The van der Waals surface area contributed by atoms with Crippen LogP contribution in [0.4, 0.5) is 0 Å². The second-order valence-electron chi connectivity index (χ2n) is 7.01. The molecule has 0 aliphatic carbocycles. The fourth-order valence-electron chi connectivity index (χ4n) is 3.05. The minimum atomic E-state index is -3.68. The molecule has 3 rings (SSSR count). The first kappa shape index (κ1) is 18.8. The summed E-state index contributed by atoms with van der Waals surface area (Å²) in [6.45, 7) is 3.79. The second-order valence-corrected chi connectivity index (χ2v) is 8.78. The van der Waals surface area contributed by atoms with Crippen LogP contribution in [0, 0.1) is 0 Å². The van der Waals surface area contributed by atoms with Crippen molar-refractivity contribution in [2.24, 2.45) is 5.73 Å². The third-order valence-electron chi connectivity index (χ3n) is 4.62. The molecule has 0 saturated carbocycles. The van der Waals surface area contributed by atoms with E-state index in [4.69, 9.17) is 10.5 Å². The van der Waals surface area contributed by atoms with E-state index in [0.29, 0.717) is 24.3 Å². The molecular formula is C19H24N2O4S. The number of ether oxygens (including phenoxy) is 1. The smallest absolute Gasteiger partial charge is 0.240 e. The zero-order valence-electron chi connectivity index (χ0n) is 14.8. The quantitative estimate of drug-likeness (QED) is 0.738. The van der Waals surface area contributed by atoms with Crippen molar-refractivity contribution in [2.45, 2.75) is 42.9 Å². The maximum Gasteiger partial charge on any atom is 0.240 e. The Morgan fingerprint density at radius 1 is 1.19 bits per heavy atom. The summed E-state index contributed by atoms with van der Waals surface area (Å²) < 4.78 is 33.5. The van der Waals surface area contributed by atoms with Crippen LogP contribution in [-0.4, -0.2) is 31.8 Å². The van der Waals surface area contributed by atoms with Gasteiger partial charge in [0.1, 0.15) is 17.5 Å². The van der Waals surface area contributed by atoms with E-state index in [-0.39, 0.29) is 4.90 Å². The summed E-state index contributed by atoms with van der Waals surface area (Å²) in [6, 6.07) is 13.5. The van der Waals surface area contributed by atoms with Crippen LogP contribution < -0.4 is 15.2 Å². The molecule has 2 aromatic rings. The molecule has 0 bridgehead atoms. The molecule has 26 heavy (non-hydrogen) atoms. The van der Waals surface area contributed by atoms with Gasteiger partial charge in [-0.2, -0.15) is 0 Å². The first-order valence-corrected chi connectivity index (χ1v) is 9.99. The molecule has 1 aliphatic heterocycles. The molecule has 1 heterocycles. The van der Waals surface area contributed by atoms with Crippen LogP contribution in [-0.2, 0) is 16.4 Å². The van der Waals surface area contributed by atoms with Crippen molar-refractivity contribution in [3.8, 4) is 5.75 Å². The van der Waals surface area contributed by atoms with E-state index < -0.39 is 27.8 Å². The molecule has 140 valence electrons. The summed E-state index contributed by atoms with van der Waals surface area (Å²) in [6.07, 6.45) is -0.334. The summed E-state index contributed by atoms with van der Waals surface area (Å²) in [5, 5.41) is 10.3. The molecule has 4 N–H and O–H groups in total. The van der Waals surface area contributed by atoms with E-state index in [1.165, 1.54) is 12.1 Å². The van der Waals surface area contributed by atoms with Crippen LogP contribution in [0.3, 0.4) is 0 Å². The number of aliphatic hydroxyl groups excluding tert-OH is 1. The fraction of sp³-hybridized carbons (Fsp3) is 0.368. The monoisotopic (exact) mass is 376 g/mol. The molecule has 0 fully saturated rings. The average Bonchev–Trinajstić information content (AvgIpc) is 2.60. The van der Waals surface area contributed by atoms with Gasteiger partial charge in [-0.25, -0.2) is 13.1 Å². The number of aliphatic hydroxyl groups is 1. The van der Waals surface area contributed by atoms with Gasteiger partial charge < -0.3 is 15.6 Å². The van der Waals surface area contributed by atoms with Crippen molar-refractivity contribution in [3.63, 3.8) is 0 Å². The lowest BCUT2D eigenvalue weighted by molar-refractivity contribution is -0.0572. The number of nitrogens with two attached hydrogens (primary N) is 1. The lowest BCUT2D eigenvalue weighted by Gasteiger charge is -2.40. The van der Waals surface area contributed by atoms with E-state index >= 15 is 0 Å². The van der Waals surface area contributed by atoms with Crippen LogP contribution in [0.15, 0.2) is 53.4 Å². The predicted molar refractivity (Wildman–Crippen MR) is 99.4 cm³/mol. The number of sulfonamides is 1. The molecular weight excluding hydrogens is 352 g/mol. The predicted octanol–water partition coefficient (Wildman–Crippen LogP) is 1.74. The van der Waals surface area contributed by atoms with Gasteiger partial charge in [0.2, 0.25) is 10.0 Å². The summed E-state index contributed by atoms with van der Waals surface area (Å²) in [4.78, 5) is 0.107. The molecule has 0 saturated heterocycles. The van der Waals surface area contributed by atoms with Gasteiger partial charge in [0, 0.05) is 12.1 Å². The normalized spacial score (nSPS) is 21.7. The average molecular weight is 376 g/mol. The molecule has 0 radical (unpaired) electrons. The maximum absolute atomic E-state index is 12.6. The van der Waals surface area contributed by atoms with Crippen LogP contribution >= 0.6 is 0 Å². The summed E-state index contributed by atoms with van der Waals surface area (Å²) in [5.74, 6) is 0.496. The topological polar surface area (TPSA) is 102 Å². The first-order chi connectivity index (χ1) is 12.2. The Kier molecular flexibility index (Phi) is 5.07. The number of rotatable bonds is 5. The van der Waals surface area contributed by atoms with E-state index in [1.54, 1.807) is 19.9 Å². The Bertz CT molecular complexity index is 882. The third-order valence-corrected chi connectivity index (χ3v) is 6.08. The lowest BCUT2D eigenvalue weighted by Crippen LogP contribution is -2.51. The lowest BCUT2D eigenvalue weighted by atomic mass is 9.87. The molecule has 0 spiro atoms. The van der Waals surface area contributed by atoms with E-state index in [1.807, 2.05) is 30.3 Å². The molecule has 0 amide bonds. The SMILES string of the molecule is CC1(C)Oc2ccc(S(=O)(=O)NCCc3ccccc3)cc2C(N)C1O. The zero-order valence-corrected chi connectivity index (χ0v) is 15.7. The molecule has 6 nitrogen and oxygen atoms in total. The third kappa shape index (κ3) is 3.76. The highest BCUT2D eigenvalue weighted by Gasteiger charge is 2.41. The minimum Gasteiger partial charge on any atom is -0.485 e.